The summed E-state index contributed by atoms with van der Waals surface area (Å²) in [4.78, 5) is 28.6. The van der Waals surface area contributed by atoms with E-state index < -0.39 is 6.04 Å². The number of para-hydroxylation sites is 2. The van der Waals surface area contributed by atoms with Gasteiger partial charge in [0.25, 0.3) is 0 Å². The van der Waals surface area contributed by atoms with Gasteiger partial charge in [0.2, 0.25) is 5.91 Å². The van der Waals surface area contributed by atoms with Crippen molar-refractivity contribution in [2.45, 2.75) is 38.6 Å². The maximum absolute atomic E-state index is 13.8. The van der Waals surface area contributed by atoms with Crippen LogP contribution in [0.1, 0.15) is 48.4 Å². The number of benzene rings is 3. The first kappa shape index (κ1) is 22.7. The van der Waals surface area contributed by atoms with Gasteiger partial charge in [-0.2, -0.15) is 0 Å². The lowest BCUT2D eigenvalue weighted by Crippen LogP contribution is -2.37. The van der Waals surface area contributed by atoms with Crippen molar-refractivity contribution < 1.29 is 9.59 Å². The average molecular weight is 491 g/mol. The lowest BCUT2D eigenvalue weighted by Gasteiger charge is -2.34. The second-order valence-corrected chi connectivity index (χ2v) is 9.75. The zero-order valence-electron chi connectivity index (χ0n) is 18.9. The molecule has 1 aliphatic heterocycles. The Morgan fingerprint density at radius 1 is 0.941 bits per heavy atom. The van der Waals surface area contributed by atoms with Gasteiger partial charge in [-0.25, -0.2) is 0 Å². The number of allylic oxidation sites excluding steroid dienone is 1. The summed E-state index contributed by atoms with van der Waals surface area (Å²) < 4.78 is 0. The van der Waals surface area contributed by atoms with Crippen LogP contribution in [0, 0.1) is 6.92 Å². The number of ketones is 1. The minimum absolute atomic E-state index is 0.0226. The summed E-state index contributed by atoms with van der Waals surface area (Å²) in [5, 5.41) is 4.49. The summed E-state index contributed by atoms with van der Waals surface area (Å²) in [7, 11) is 0. The Balaban J connectivity index is 1.68. The van der Waals surface area contributed by atoms with Crippen LogP contribution in [0.25, 0.3) is 0 Å². The van der Waals surface area contributed by atoms with E-state index in [9.17, 15) is 9.59 Å². The zero-order valence-corrected chi connectivity index (χ0v) is 20.5. The lowest BCUT2D eigenvalue weighted by atomic mass is 9.78. The minimum Gasteiger partial charge on any atom is -0.357 e. The Kier molecular flexibility index (Phi) is 5.97. The second-order valence-electron chi connectivity index (χ2n) is 8.94. The molecule has 34 heavy (non-hydrogen) atoms. The molecule has 2 atom stereocenters. The summed E-state index contributed by atoms with van der Waals surface area (Å²) in [5.74, 6) is -0.134. The van der Waals surface area contributed by atoms with Gasteiger partial charge in [0.1, 0.15) is 0 Å². The van der Waals surface area contributed by atoms with Crippen molar-refractivity contribution in [3.63, 3.8) is 0 Å². The van der Waals surface area contributed by atoms with Gasteiger partial charge in [-0.05, 0) is 54.7 Å². The molecule has 0 saturated carbocycles. The largest absolute Gasteiger partial charge is 0.357 e. The number of hydrogen-bond acceptors (Lipinski definition) is 3. The number of anilines is 2. The van der Waals surface area contributed by atoms with Gasteiger partial charge in [-0.15, -0.1) is 0 Å². The molecule has 1 heterocycles. The van der Waals surface area contributed by atoms with Crippen LogP contribution in [0.2, 0.25) is 10.0 Å². The van der Waals surface area contributed by atoms with Crippen molar-refractivity contribution in [3.8, 4) is 0 Å². The number of hydrogen-bond donors (Lipinski definition) is 1. The predicted octanol–water partition coefficient (Wildman–Crippen LogP) is 7.22. The van der Waals surface area contributed by atoms with E-state index in [1.165, 1.54) is 0 Å². The number of nitrogens with one attached hydrogen (secondary N) is 1. The molecule has 1 N–H and O–H groups in total. The molecule has 0 bridgehead atoms. The quantitative estimate of drug-likeness (QED) is 0.412. The molecule has 6 heteroatoms. The SMILES string of the molecule is CC(=O)N1c2ccccc2NC2=C(C(=O)C[C@H](c3ccc(Cl)c(Cl)c3)C2)[C@H]1c1ccc(C)cc1. The molecule has 3 aromatic carbocycles. The first-order chi connectivity index (χ1) is 16.3. The second kappa shape index (κ2) is 8.94. The van der Waals surface area contributed by atoms with E-state index in [0.717, 1.165) is 33.8 Å². The van der Waals surface area contributed by atoms with Crippen molar-refractivity contribution in [2.24, 2.45) is 0 Å². The van der Waals surface area contributed by atoms with E-state index in [1.807, 2.05) is 67.6 Å². The summed E-state index contributed by atoms with van der Waals surface area (Å²) >= 11 is 12.4. The molecule has 5 rings (SSSR count). The number of amides is 1. The number of fused-ring (bicyclic) bond motifs is 1. The molecule has 3 aromatic rings. The van der Waals surface area contributed by atoms with E-state index >= 15 is 0 Å². The molecule has 4 nitrogen and oxygen atoms in total. The first-order valence-corrected chi connectivity index (χ1v) is 12.0. The Morgan fingerprint density at radius 3 is 2.35 bits per heavy atom. The van der Waals surface area contributed by atoms with E-state index in [-0.39, 0.29) is 17.6 Å². The number of carbonyl (C=O) groups excluding carboxylic acids is 2. The van der Waals surface area contributed by atoms with Gasteiger partial charge in [0.15, 0.2) is 5.78 Å². The number of carbonyl (C=O) groups is 2. The molecule has 0 radical (unpaired) electrons. The van der Waals surface area contributed by atoms with E-state index in [0.29, 0.717) is 28.5 Å². The highest BCUT2D eigenvalue weighted by Crippen LogP contribution is 2.47. The monoisotopic (exact) mass is 490 g/mol. The standard InChI is InChI=1S/C28H24Cl2N2O2/c1-16-7-9-18(10-8-16)28-27-24(31-23-5-3-4-6-25(23)32(28)17(2)33)14-20(15-26(27)34)19-11-12-21(29)22(30)13-19/h3-13,20,28,31H,14-15H2,1-2H3/t20-,28-/m1/s1. The maximum atomic E-state index is 13.8. The van der Waals surface area contributed by atoms with E-state index in [2.05, 4.69) is 5.32 Å². The highest BCUT2D eigenvalue weighted by Gasteiger charge is 2.40. The highest BCUT2D eigenvalue weighted by atomic mass is 35.5. The third-order valence-electron chi connectivity index (χ3n) is 6.64. The van der Waals surface area contributed by atoms with Crippen molar-refractivity contribution in [1.29, 1.82) is 0 Å². The molecular weight excluding hydrogens is 467 g/mol. The van der Waals surface area contributed by atoms with Crippen LogP contribution >= 0.6 is 23.2 Å². The van der Waals surface area contributed by atoms with Crippen molar-refractivity contribution >= 4 is 46.3 Å². The Hall–Kier alpha value is -3.08. The van der Waals surface area contributed by atoms with Gasteiger partial charge >= 0.3 is 0 Å². The molecule has 0 unspecified atom stereocenters. The van der Waals surface area contributed by atoms with E-state index in [1.54, 1.807) is 17.9 Å². The summed E-state index contributed by atoms with van der Waals surface area (Å²) in [6.45, 7) is 3.57. The molecular formula is C28H24Cl2N2O2. The van der Waals surface area contributed by atoms with Gasteiger partial charge < -0.3 is 5.32 Å². The maximum Gasteiger partial charge on any atom is 0.224 e. The van der Waals surface area contributed by atoms with E-state index in [4.69, 9.17) is 23.2 Å². The average Bonchev–Trinajstić information content (AvgIpc) is 2.96. The van der Waals surface area contributed by atoms with Gasteiger partial charge in [0.05, 0.1) is 27.5 Å². The number of aryl methyl sites for hydroxylation is 1. The smallest absolute Gasteiger partial charge is 0.224 e. The van der Waals surface area contributed by atoms with Crippen molar-refractivity contribution in [2.75, 3.05) is 10.2 Å². The van der Waals surface area contributed by atoms with Crippen LogP contribution in [0.3, 0.4) is 0 Å². The summed E-state index contributed by atoms with van der Waals surface area (Å²) in [5.41, 5.74) is 6.06. The molecule has 0 aromatic heterocycles. The molecule has 0 spiro atoms. The van der Waals surface area contributed by atoms with Crippen LogP contribution in [0.4, 0.5) is 11.4 Å². The van der Waals surface area contributed by atoms with Gasteiger partial charge in [0, 0.05) is 24.6 Å². The molecule has 172 valence electrons. The Morgan fingerprint density at radius 2 is 1.65 bits per heavy atom. The predicted molar refractivity (Wildman–Crippen MR) is 138 cm³/mol. The normalized spacial score (nSPS) is 19.8. The number of nitrogens with zero attached hydrogens (tertiary/aromatic N) is 1. The first-order valence-electron chi connectivity index (χ1n) is 11.3. The Bertz CT molecular complexity index is 1330. The van der Waals surface area contributed by atoms with Crippen molar-refractivity contribution in [1.82, 2.24) is 0 Å². The molecule has 1 aliphatic carbocycles. The molecule has 0 fully saturated rings. The zero-order chi connectivity index (χ0) is 24.0. The van der Waals surface area contributed by atoms with Crippen LogP contribution < -0.4 is 10.2 Å². The fraction of sp³-hybridized carbons (Fsp3) is 0.214. The Labute approximate surface area is 209 Å². The highest BCUT2D eigenvalue weighted by molar-refractivity contribution is 6.42. The summed E-state index contributed by atoms with van der Waals surface area (Å²) in [6, 6.07) is 20.8. The summed E-state index contributed by atoms with van der Waals surface area (Å²) in [6.07, 6.45) is 0.963. The number of halogens is 2. The molecule has 2 aliphatic rings. The van der Waals surface area contributed by atoms with Crippen LogP contribution in [0.5, 0.6) is 0 Å². The van der Waals surface area contributed by atoms with Crippen molar-refractivity contribution in [3.05, 3.63) is 105 Å². The van der Waals surface area contributed by atoms with Gasteiger partial charge in [-0.1, -0.05) is 71.2 Å². The third kappa shape index (κ3) is 4.02. The van der Waals surface area contributed by atoms with Crippen LogP contribution in [-0.4, -0.2) is 11.7 Å². The number of rotatable bonds is 2. The molecule has 1 amide bonds. The minimum atomic E-state index is -0.508. The van der Waals surface area contributed by atoms with Crippen LogP contribution in [0.15, 0.2) is 78.0 Å². The fourth-order valence-corrected chi connectivity index (χ4v) is 5.31. The third-order valence-corrected chi connectivity index (χ3v) is 7.38. The number of Topliss-reactive ketones (excluding diaryl/α,β-unsaturated/α-hetero) is 1. The fourth-order valence-electron chi connectivity index (χ4n) is 5.00. The van der Waals surface area contributed by atoms with Gasteiger partial charge in [-0.3, -0.25) is 14.5 Å². The lowest BCUT2D eigenvalue weighted by molar-refractivity contribution is -0.117. The topological polar surface area (TPSA) is 49.4 Å². The molecule has 0 saturated heterocycles. The van der Waals surface area contributed by atoms with Crippen LogP contribution in [-0.2, 0) is 9.59 Å².